The summed E-state index contributed by atoms with van der Waals surface area (Å²) in [6.07, 6.45) is 0. The van der Waals surface area contributed by atoms with Gasteiger partial charge in [0, 0.05) is 11.3 Å². The first-order valence-corrected chi connectivity index (χ1v) is 11.2. The number of hydrogen-bond donors (Lipinski definition) is 2. The minimum atomic E-state index is -3.96. The van der Waals surface area contributed by atoms with E-state index in [9.17, 15) is 26.4 Å². The molecule has 1 heterocycles. The summed E-state index contributed by atoms with van der Waals surface area (Å²) in [6, 6.07) is 10.5. The van der Waals surface area contributed by atoms with Crippen LogP contribution in [-0.2, 0) is 24.8 Å². The van der Waals surface area contributed by atoms with Crippen LogP contribution in [0.1, 0.15) is 17.3 Å². The molecule has 0 spiro atoms. The maximum atomic E-state index is 12.5. The highest BCUT2D eigenvalue weighted by atomic mass is 32.2. The van der Waals surface area contributed by atoms with Gasteiger partial charge in [0.1, 0.15) is 0 Å². The summed E-state index contributed by atoms with van der Waals surface area (Å²) in [4.78, 5) is 23.0. The third-order valence-corrected chi connectivity index (χ3v) is 7.43. The maximum absolute atomic E-state index is 12.5. The molecule has 9 nitrogen and oxygen atoms in total. The van der Waals surface area contributed by atoms with Crippen LogP contribution < -0.4 is 14.8 Å². The van der Waals surface area contributed by atoms with Crippen molar-refractivity contribution in [1.29, 1.82) is 0 Å². The zero-order chi connectivity index (χ0) is 20.7. The van der Waals surface area contributed by atoms with E-state index in [1.54, 1.807) is 0 Å². The number of carbonyl (C=O) groups excluding carboxylic acids is 2. The molecule has 28 heavy (non-hydrogen) atoms. The van der Waals surface area contributed by atoms with Gasteiger partial charge < -0.3 is 5.73 Å². The SMILES string of the molecule is CC1CS(=O)(=O)N(c2ccc(S(=O)(=O)Nc3ccc(C(N)=O)cc3)cc2)C1=O. The number of nitrogens with zero attached hydrogens (tertiary/aromatic N) is 1. The summed E-state index contributed by atoms with van der Waals surface area (Å²) in [6.45, 7) is 1.52. The van der Waals surface area contributed by atoms with E-state index in [2.05, 4.69) is 4.72 Å². The van der Waals surface area contributed by atoms with Crippen LogP contribution in [-0.4, -0.2) is 34.4 Å². The van der Waals surface area contributed by atoms with E-state index in [1.807, 2.05) is 0 Å². The fourth-order valence-electron chi connectivity index (χ4n) is 2.76. The topological polar surface area (TPSA) is 144 Å². The van der Waals surface area contributed by atoms with Gasteiger partial charge in [-0.15, -0.1) is 0 Å². The summed E-state index contributed by atoms with van der Waals surface area (Å²) >= 11 is 0. The number of primary amides is 1. The van der Waals surface area contributed by atoms with Gasteiger partial charge in [0.25, 0.3) is 10.0 Å². The third kappa shape index (κ3) is 3.71. The van der Waals surface area contributed by atoms with E-state index in [0.29, 0.717) is 4.31 Å². The number of carbonyl (C=O) groups is 2. The molecule has 0 radical (unpaired) electrons. The van der Waals surface area contributed by atoms with E-state index in [-0.39, 0.29) is 27.6 Å². The lowest BCUT2D eigenvalue weighted by Crippen LogP contribution is -2.30. The van der Waals surface area contributed by atoms with Crippen LogP contribution in [0.25, 0.3) is 0 Å². The van der Waals surface area contributed by atoms with Crippen molar-refractivity contribution in [1.82, 2.24) is 0 Å². The van der Waals surface area contributed by atoms with Crippen LogP contribution in [0.2, 0.25) is 0 Å². The third-order valence-electron chi connectivity index (χ3n) is 4.16. The van der Waals surface area contributed by atoms with Crippen molar-refractivity contribution in [3.05, 3.63) is 54.1 Å². The maximum Gasteiger partial charge on any atom is 0.261 e. The molecule has 1 unspecified atom stereocenters. The van der Waals surface area contributed by atoms with E-state index < -0.39 is 37.8 Å². The van der Waals surface area contributed by atoms with Crippen molar-refractivity contribution in [2.75, 3.05) is 14.8 Å². The number of anilines is 2. The lowest BCUT2D eigenvalue weighted by Gasteiger charge is -2.16. The van der Waals surface area contributed by atoms with Gasteiger partial charge in [-0.05, 0) is 48.5 Å². The molecule has 0 aromatic heterocycles. The Hall–Kier alpha value is -2.92. The molecule has 148 valence electrons. The molecule has 0 saturated carbocycles. The van der Waals surface area contributed by atoms with Crippen molar-refractivity contribution in [2.45, 2.75) is 11.8 Å². The number of nitrogens with two attached hydrogens (primary N) is 1. The summed E-state index contributed by atoms with van der Waals surface area (Å²) in [5.41, 5.74) is 5.68. The van der Waals surface area contributed by atoms with Crippen molar-refractivity contribution < 1.29 is 26.4 Å². The standard InChI is InChI=1S/C17H17N3O6S2/c1-11-10-27(23,24)20(17(11)22)14-6-8-15(9-7-14)28(25,26)19-13-4-2-12(3-5-13)16(18)21/h2-9,11,19H,10H2,1H3,(H2,18,21). The predicted molar refractivity (Wildman–Crippen MR) is 103 cm³/mol. The van der Waals surface area contributed by atoms with Crippen molar-refractivity contribution in [3.63, 3.8) is 0 Å². The molecule has 2 amide bonds. The van der Waals surface area contributed by atoms with E-state index in [4.69, 9.17) is 5.73 Å². The van der Waals surface area contributed by atoms with Crippen molar-refractivity contribution in [3.8, 4) is 0 Å². The fraction of sp³-hybridized carbons (Fsp3) is 0.176. The molecule has 1 atom stereocenters. The number of sulfonamides is 2. The van der Waals surface area contributed by atoms with Crippen molar-refractivity contribution in [2.24, 2.45) is 11.7 Å². The monoisotopic (exact) mass is 423 g/mol. The first-order valence-electron chi connectivity index (χ1n) is 8.11. The van der Waals surface area contributed by atoms with Crippen LogP contribution >= 0.6 is 0 Å². The van der Waals surface area contributed by atoms with E-state index >= 15 is 0 Å². The lowest BCUT2D eigenvalue weighted by molar-refractivity contribution is -0.119. The summed E-state index contributed by atoms with van der Waals surface area (Å²) in [5, 5.41) is 0. The highest BCUT2D eigenvalue weighted by Gasteiger charge is 2.41. The Morgan fingerprint density at radius 2 is 1.68 bits per heavy atom. The molecule has 1 aliphatic heterocycles. The van der Waals surface area contributed by atoms with Crippen LogP contribution in [0.15, 0.2) is 53.4 Å². The summed E-state index contributed by atoms with van der Waals surface area (Å²) in [5.74, 6) is -2.12. The van der Waals surface area contributed by atoms with Gasteiger partial charge in [-0.3, -0.25) is 14.3 Å². The quantitative estimate of drug-likeness (QED) is 0.731. The molecule has 3 N–H and O–H groups in total. The Balaban J connectivity index is 1.84. The number of amides is 2. The predicted octanol–water partition coefficient (Wildman–Crippen LogP) is 0.899. The van der Waals surface area contributed by atoms with Crippen LogP contribution in [0.4, 0.5) is 11.4 Å². The number of rotatable bonds is 5. The van der Waals surface area contributed by atoms with Gasteiger partial charge in [-0.1, -0.05) is 6.92 Å². The van der Waals surface area contributed by atoms with Crippen LogP contribution in [0, 0.1) is 5.92 Å². The fourth-order valence-corrected chi connectivity index (χ4v) is 5.64. The molecule has 0 aliphatic carbocycles. The lowest BCUT2D eigenvalue weighted by atomic mass is 10.2. The summed E-state index contributed by atoms with van der Waals surface area (Å²) in [7, 11) is -7.72. The molecule has 11 heteroatoms. The second-order valence-corrected chi connectivity index (χ2v) is 9.87. The minimum Gasteiger partial charge on any atom is -0.366 e. The molecule has 2 aromatic rings. The Labute approximate surface area is 162 Å². The van der Waals surface area contributed by atoms with Gasteiger partial charge in [-0.25, -0.2) is 21.1 Å². The van der Waals surface area contributed by atoms with Crippen molar-refractivity contribution >= 4 is 43.2 Å². The number of benzene rings is 2. The van der Waals surface area contributed by atoms with Gasteiger partial charge in [-0.2, -0.15) is 0 Å². The van der Waals surface area contributed by atoms with E-state index in [1.165, 1.54) is 55.5 Å². The Kier molecular flexibility index (Phi) is 4.90. The van der Waals surface area contributed by atoms with Crippen LogP contribution in [0.5, 0.6) is 0 Å². The highest BCUT2D eigenvalue weighted by Crippen LogP contribution is 2.29. The zero-order valence-electron chi connectivity index (χ0n) is 14.7. The summed E-state index contributed by atoms with van der Waals surface area (Å²) < 4.78 is 52.3. The molecule has 1 saturated heterocycles. The Bertz CT molecular complexity index is 1140. The second kappa shape index (κ2) is 6.91. The van der Waals surface area contributed by atoms with Gasteiger partial charge in [0.15, 0.2) is 0 Å². The molecule has 2 aromatic carbocycles. The first kappa shape index (κ1) is 19.8. The van der Waals surface area contributed by atoms with Gasteiger partial charge in [0.05, 0.1) is 22.3 Å². The number of nitrogens with one attached hydrogen (secondary N) is 1. The molecule has 1 fully saturated rings. The largest absolute Gasteiger partial charge is 0.366 e. The Morgan fingerprint density at radius 3 is 2.14 bits per heavy atom. The number of hydrogen-bond acceptors (Lipinski definition) is 6. The molecule has 0 bridgehead atoms. The highest BCUT2D eigenvalue weighted by molar-refractivity contribution is 7.94. The first-order chi connectivity index (χ1) is 13.0. The second-order valence-electron chi connectivity index (χ2n) is 6.32. The zero-order valence-corrected chi connectivity index (χ0v) is 16.3. The normalized spacial score (nSPS) is 18.8. The van der Waals surface area contributed by atoms with Gasteiger partial charge in [0.2, 0.25) is 21.8 Å². The van der Waals surface area contributed by atoms with Crippen LogP contribution in [0.3, 0.4) is 0 Å². The molecular formula is C17H17N3O6S2. The molecular weight excluding hydrogens is 406 g/mol. The molecule has 3 rings (SSSR count). The Morgan fingerprint density at radius 1 is 1.11 bits per heavy atom. The minimum absolute atomic E-state index is 0.0825. The average Bonchev–Trinajstić information content (AvgIpc) is 2.82. The van der Waals surface area contributed by atoms with E-state index in [0.717, 1.165) is 0 Å². The molecule has 1 aliphatic rings. The smallest absolute Gasteiger partial charge is 0.261 e. The van der Waals surface area contributed by atoms with Gasteiger partial charge >= 0.3 is 0 Å². The average molecular weight is 423 g/mol.